The van der Waals surface area contributed by atoms with E-state index in [9.17, 15) is 4.79 Å². The summed E-state index contributed by atoms with van der Waals surface area (Å²) in [5.41, 5.74) is 4.25. The minimum absolute atomic E-state index is 0.0444. The second-order valence-electron chi connectivity index (χ2n) is 8.46. The second-order valence-corrected chi connectivity index (χ2v) is 8.46. The normalized spacial score (nSPS) is 16.8. The fourth-order valence-electron chi connectivity index (χ4n) is 4.61. The lowest BCUT2D eigenvalue weighted by molar-refractivity contribution is -0.127. The van der Waals surface area contributed by atoms with Gasteiger partial charge < -0.3 is 10.1 Å². The number of aryl methyl sites for hydroxylation is 1. The van der Waals surface area contributed by atoms with Crippen LogP contribution in [-0.4, -0.2) is 13.0 Å². The summed E-state index contributed by atoms with van der Waals surface area (Å²) in [6, 6.07) is 14.5. The van der Waals surface area contributed by atoms with E-state index in [1.165, 1.54) is 11.1 Å². The molecule has 0 spiro atoms. The molecule has 1 aliphatic rings. The van der Waals surface area contributed by atoms with Gasteiger partial charge in [0.15, 0.2) is 0 Å². The van der Waals surface area contributed by atoms with Gasteiger partial charge in [-0.1, -0.05) is 57.0 Å². The standard InChI is InChI=1S/C25H33NO2/c1-17(2)21-16-22(18(3)15-23(21)28-5)19(4)26-24(27)25(13-9-10-14-25)20-11-7-6-8-12-20/h6-8,11-12,15-17,19H,9-10,13-14H2,1-5H3,(H,26,27). The second kappa shape index (κ2) is 8.38. The number of carbonyl (C=O) groups is 1. The number of hydrogen-bond acceptors (Lipinski definition) is 2. The maximum atomic E-state index is 13.5. The van der Waals surface area contributed by atoms with Crippen LogP contribution in [0.4, 0.5) is 0 Å². The predicted octanol–water partition coefficient (Wildman–Crippen LogP) is 5.82. The van der Waals surface area contributed by atoms with Gasteiger partial charge in [-0.2, -0.15) is 0 Å². The Balaban J connectivity index is 1.89. The van der Waals surface area contributed by atoms with Crippen molar-refractivity contribution in [1.82, 2.24) is 5.32 Å². The summed E-state index contributed by atoms with van der Waals surface area (Å²) >= 11 is 0. The molecule has 1 N–H and O–H groups in total. The van der Waals surface area contributed by atoms with Crippen LogP contribution in [0.25, 0.3) is 0 Å². The summed E-state index contributed by atoms with van der Waals surface area (Å²) in [5, 5.41) is 3.34. The Morgan fingerprint density at radius 1 is 1.04 bits per heavy atom. The van der Waals surface area contributed by atoms with Crippen LogP contribution >= 0.6 is 0 Å². The predicted molar refractivity (Wildman–Crippen MR) is 115 cm³/mol. The molecule has 1 amide bonds. The number of nitrogens with one attached hydrogen (secondary N) is 1. The van der Waals surface area contributed by atoms with Crippen molar-refractivity contribution >= 4 is 5.91 Å². The highest BCUT2D eigenvalue weighted by atomic mass is 16.5. The summed E-state index contributed by atoms with van der Waals surface area (Å²) in [5.74, 6) is 1.44. The third kappa shape index (κ3) is 3.80. The molecule has 1 aliphatic carbocycles. The van der Waals surface area contributed by atoms with Crippen LogP contribution in [0.5, 0.6) is 5.75 Å². The Kier molecular flexibility index (Phi) is 6.12. The molecule has 0 saturated heterocycles. The van der Waals surface area contributed by atoms with Gasteiger partial charge in [-0.25, -0.2) is 0 Å². The molecule has 2 aromatic carbocycles. The number of methoxy groups -OCH3 is 1. The highest BCUT2D eigenvalue weighted by Crippen LogP contribution is 2.42. The lowest BCUT2D eigenvalue weighted by Gasteiger charge is -2.31. The highest BCUT2D eigenvalue weighted by Gasteiger charge is 2.43. The fourth-order valence-corrected chi connectivity index (χ4v) is 4.61. The van der Waals surface area contributed by atoms with E-state index >= 15 is 0 Å². The van der Waals surface area contributed by atoms with E-state index < -0.39 is 5.41 Å². The third-order valence-electron chi connectivity index (χ3n) is 6.27. The first-order chi connectivity index (χ1) is 13.4. The van der Waals surface area contributed by atoms with Crippen LogP contribution in [0.3, 0.4) is 0 Å². The minimum atomic E-state index is -0.392. The van der Waals surface area contributed by atoms with Crippen molar-refractivity contribution < 1.29 is 9.53 Å². The lowest BCUT2D eigenvalue weighted by atomic mass is 9.77. The van der Waals surface area contributed by atoms with E-state index in [1.54, 1.807) is 7.11 Å². The summed E-state index contributed by atoms with van der Waals surface area (Å²) in [4.78, 5) is 13.5. The maximum absolute atomic E-state index is 13.5. The van der Waals surface area contributed by atoms with Gasteiger partial charge in [0.2, 0.25) is 5.91 Å². The van der Waals surface area contributed by atoms with Crippen molar-refractivity contribution in [3.05, 3.63) is 64.7 Å². The maximum Gasteiger partial charge on any atom is 0.231 e. The Hall–Kier alpha value is -2.29. The van der Waals surface area contributed by atoms with Crippen molar-refractivity contribution in [2.45, 2.75) is 70.8 Å². The number of hydrogen-bond donors (Lipinski definition) is 1. The topological polar surface area (TPSA) is 38.3 Å². The van der Waals surface area contributed by atoms with Crippen LogP contribution < -0.4 is 10.1 Å². The van der Waals surface area contributed by atoms with Crippen molar-refractivity contribution in [3.63, 3.8) is 0 Å². The summed E-state index contributed by atoms with van der Waals surface area (Å²) in [6.45, 7) is 8.52. The summed E-state index contributed by atoms with van der Waals surface area (Å²) in [6.07, 6.45) is 4.06. The molecular formula is C25H33NO2. The molecule has 3 rings (SSSR count). The number of ether oxygens (including phenoxy) is 1. The highest BCUT2D eigenvalue weighted by molar-refractivity contribution is 5.89. The molecule has 3 heteroatoms. The van der Waals surface area contributed by atoms with Crippen LogP contribution in [-0.2, 0) is 10.2 Å². The smallest absolute Gasteiger partial charge is 0.231 e. The van der Waals surface area contributed by atoms with Crippen LogP contribution in [0.1, 0.15) is 80.7 Å². The molecule has 3 nitrogen and oxygen atoms in total. The Morgan fingerprint density at radius 3 is 2.25 bits per heavy atom. The number of benzene rings is 2. The number of carbonyl (C=O) groups excluding carboxylic acids is 1. The Bertz CT molecular complexity index is 820. The Morgan fingerprint density at radius 2 is 1.68 bits per heavy atom. The van der Waals surface area contributed by atoms with Gasteiger partial charge in [0.25, 0.3) is 0 Å². The molecule has 2 aromatic rings. The van der Waals surface area contributed by atoms with Gasteiger partial charge in [-0.15, -0.1) is 0 Å². The largest absolute Gasteiger partial charge is 0.496 e. The van der Waals surface area contributed by atoms with Crippen LogP contribution in [0, 0.1) is 6.92 Å². The van der Waals surface area contributed by atoms with Crippen LogP contribution in [0.2, 0.25) is 0 Å². The molecule has 1 saturated carbocycles. The van der Waals surface area contributed by atoms with Gasteiger partial charge in [0.1, 0.15) is 5.75 Å². The summed E-state index contributed by atoms with van der Waals surface area (Å²) < 4.78 is 5.57. The quantitative estimate of drug-likeness (QED) is 0.687. The summed E-state index contributed by atoms with van der Waals surface area (Å²) in [7, 11) is 1.72. The fraction of sp³-hybridized carbons (Fsp3) is 0.480. The molecule has 28 heavy (non-hydrogen) atoms. The first-order valence-electron chi connectivity index (χ1n) is 10.4. The molecule has 0 heterocycles. The van der Waals surface area contributed by atoms with E-state index in [2.05, 4.69) is 57.3 Å². The third-order valence-corrected chi connectivity index (χ3v) is 6.27. The van der Waals surface area contributed by atoms with E-state index in [1.807, 2.05) is 18.2 Å². The molecule has 0 aliphatic heterocycles. The zero-order valence-corrected chi connectivity index (χ0v) is 17.8. The molecule has 0 aromatic heterocycles. The molecule has 0 bridgehead atoms. The molecule has 150 valence electrons. The average Bonchev–Trinajstić information content (AvgIpc) is 3.19. The van der Waals surface area contributed by atoms with E-state index in [4.69, 9.17) is 4.74 Å². The van der Waals surface area contributed by atoms with E-state index in [-0.39, 0.29) is 11.9 Å². The monoisotopic (exact) mass is 379 g/mol. The zero-order chi connectivity index (χ0) is 20.3. The molecule has 1 fully saturated rings. The molecular weight excluding hydrogens is 346 g/mol. The zero-order valence-electron chi connectivity index (χ0n) is 17.8. The van der Waals surface area contributed by atoms with Gasteiger partial charge in [-0.3, -0.25) is 4.79 Å². The number of rotatable bonds is 6. The van der Waals surface area contributed by atoms with Crippen molar-refractivity contribution in [2.75, 3.05) is 7.11 Å². The van der Waals surface area contributed by atoms with Crippen molar-refractivity contribution in [1.29, 1.82) is 0 Å². The minimum Gasteiger partial charge on any atom is -0.496 e. The molecule has 0 radical (unpaired) electrons. The van der Waals surface area contributed by atoms with Crippen LogP contribution in [0.15, 0.2) is 42.5 Å². The van der Waals surface area contributed by atoms with Crippen molar-refractivity contribution in [2.24, 2.45) is 0 Å². The van der Waals surface area contributed by atoms with Gasteiger partial charge >= 0.3 is 0 Å². The SMILES string of the molecule is COc1cc(C)c(C(C)NC(=O)C2(c3ccccc3)CCCC2)cc1C(C)C. The number of amides is 1. The first kappa shape index (κ1) is 20.4. The average molecular weight is 380 g/mol. The van der Waals surface area contributed by atoms with E-state index in [0.29, 0.717) is 5.92 Å². The van der Waals surface area contributed by atoms with Crippen molar-refractivity contribution in [3.8, 4) is 5.75 Å². The van der Waals surface area contributed by atoms with Gasteiger partial charge in [-0.05, 0) is 67.0 Å². The molecule has 1 unspecified atom stereocenters. The van der Waals surface area contributed by atoms with E-state index in [0.717, 1.165) is 42.6 Å². The van der Waals surface area contributed by atoms with Gasteiger partial charge in [0.05, 0.1) is 18.6 Å². The Labute approximate surface area is 169 Å². The molecule has 1 atom stereocenters. The first-order valence-corrected chi connectivity index (χ1v) is 10.4. The lowest BCUT2D eigenvalue weighted by Crippen LogP contribution is -2.43. The van der Waals surface area contributed by atoms with Gasteiger partial charge in [0, 0.05) is 0 Å².